The summed E-state index contributed by atoms with van der Waals surface area (Å²) in [6.07, 6.45) is 2.21. The van der Waals surface area contributed by atoms with Gasteiger partial charge in [0.25, 0.3) is 6.43 Å². The summed E-state index contributed by atoms with van der Waals surface area (Å²) >= 11 is 0. The summed E-state index contributed by atoms with van der Waals surface area (Å²) < 4.78 is 48.1. The fraction of sp³-hybridized carbons (Fsp3) is 0.227. The van der Waals surface area contributed by atoms with Gasteiger partial charge in [-0.25, -0.2) is 28.1 Å². The van der Waals surface area contributed by atoms with Crippen LogP contribution < -0.4 is 10.1 Å². The predicted molar refractivity (Wildman–Crippen MR) is 111 cm³/mol. The molecule has 2 heterocycles. The molecule has 0 saturated carbocycles. The standard InChI is InChI=1S/C22H20F3N5O/c1-12(14-5-4-6-15(20(14)23)21(24)25)27-22-16-9-19(31-3)18(30-8-7-26-11-30)10-17(16)28-13(2)29-22/h4-12,21H,1-3H3,(H,27,28,29). The SMILES string of the molecule is COc1cc2c(NC(C)c3cccc(C(F)F)c3F)nc(C)nc2cc1-n1ccnc1. The van der Waals surface area contributed by atoms with Gasteiger partial charge in [-0.05, 0) is 26.0 Å². The lowest BCUT2D eigenvalue weighted by atomic mass is 10.0. The van der Waals surface area contributed by atoms with E-state index >= 15 is 0 Å². The summed E-state index contributed by atoms with van der Waals surface area (Å²) in [6.45, 7) is 3.43. The summed E-state index contributed by atoms with van der Waals surface area (Å²) in [7, 11) is 1.55. The van der Waals surface area contributed by atoms with Crippen molar-refractivity contribution < 1.29 is 17.9 Å². The van der Waals surface area contributed by atoms with Crippen LogP contribution in [0, 0.1) is 12.7 Å². The number of aromatic nitrogens is 4. The van der Waals surface area contributed by atoms with E-state index < -0.39 is 23.8 Å². The zero-order valence-corrected chi connectivity index (χ0v) is 17.1. The molecule has 0 aliphatic rings. The van der Waals surface area contributed by atoms with Crippen LogP contribution in [0.15, 0.2) is 49.1 Å². The Labute approximate surface area is 176 Å². The van der Waals surface area contributed by atoms with Crippen LogP contribution in [0.5, 0.6) is 5.75 Å². The molecular formula is C22H20F3N5O. The van der Waals surface area contributed by atoms with Crippen molar-refractivity contribution in [3.05, 3.63) is 71.8 Å². The van der Waals surface area contributed by atoms with Gasteiger partial charge in [-0.15, -0.1) is 0 Å². The van der Waals surface area contributed by atoms with Crippen LogP contribution in [-0.4, -0.2) is 26.6 Å². The number of hydrogen-bond acceptors (Lipinski definition) is 5. The molecule has 0 fully saturated rings. The van der Waals surface area contributed by atoms with Crippen LogP contribution in [-0.2, 0) is 0 Å². The largest absolute Gasteiger partial charge is 0.495 e. The van der Waals surface area contributed by atoms with Crippen LogP contribution in [0.4, 0.5) is 19.0 Å². The van der Waals surface area contributed by atoms with E-state index in [-0.39, 0.29) is 5.56 Å². The summed E-state index contributed by atoms with van der Waals surface area (Å²) in [4.78, 5) is 13.0. The number of nitrogens with one attached hydrogen (secondary N) is 1. The van der Waals surface area contributed by atoms with Crippen molar-refractivity contribution >= 4 is 16.7 Å². The van der Waals surface area contributed by atoms with Gasteiger partial charge in [-0.3, -0.25) is 0 Å². The highest BCUT2D eigenvalue weighted by molar-refractivity contribution is 5.92. The number of benzene rings is 2. The maximum Gasteiger partial charge on any atom is 0.266 e. The molecule has 1 unspecified atom stereocenters. The number of ether oxygens (including phenoxy) is 1. The van der Waals surface area contributed by atoms with Crippen LogP contribution in [0.1, 0.15) is 36.3 Å². The average molecular weight is 427 g/mol. The van der Waals surface area contributed by atoms with Crippen molar-refractivity contribution in [2.75, 3.05) is 12.4 Å². The zero-order chi connectivity index (χ0) is 22.1. The minimum atomic E-state index is -2.89. The van der Waals surface area contributed by atoms with Crippen molar-refractivity contribution in [2.24, 2.45) is 0 Å². The fourth-order valence-corrected chi connectivity index (χ4v) is 3.49. The molecule has 6 nitrogen and oxygen atoms in total. The molecular weight excluding hydrogens is 407 g/mol. The Hall–Kier alpha value is -3.62. The highest BCUT2D eigenvalue weighted by Gasteiger charge is 2.21. The summed E-state index contributed by atoms with van der Waals surface area (Å²) in [5, 5.41) is 3.80. The van der Waals surface area contributed by atoms with Crippen molar-refractivity contribution in [3.8, 4) is 11.4 Å². The van der Waals surface area contributed by atoms with Gasteiger partial charge < -0.3 is 14.6 Å². The topological polar surface area (TPSA) is 64.9 Å². The molecule has 31 heavy (non-hydrogen) atoms. The molecule has 2 aromatic carbocycles. The van der Waals surface area contributed by atoms with Crippen LogP contribution >= 0.6 is 0 Å². The molecule has 0 aliphatic carbocycles. The number of rotatable bonds is 6. The van der Waals surface area contributed by atoms with Crippen molar-refractivity contribution in [1.82, 2.24) is 19.5 Å². The molecule has 0 radical (unpaired) electrons. The number of nitrogens with zero attached hydrogens (tertiary/aromatic N) is 4. The van der Waals surface area contributed by atoms with E-state index in [1.54, 1.807) is 50.3 Å². The highest BCUT2D eigenvalue weighted by Crippen LogP contribution is 2.34. The maximum absolute atomic E-state index is 14.6. The second-order valence-electron chi connectivity index (χ2n) is 7.05. The van der Waals surface area contributed by atoms with Gasteiger partial charge >= 0.3 is 0 Å². The van der Waals surface area contributed by atoms with Gasteiger partial charge in [0.1, 0.15) is 23.2 Å². The molecule has 1 atom stereocenters. The van der Waals surface area contributed by atoms with Gasteiger partial charge in [0.2, 0.25) is 0 Å². The van der Waals surface area contributed by atoms with Gasteiger partial charge in [0, 0.05) is 23.3 Å². The molecule has 0 amide bonds. The lowest BCUT2D eigenvalue weighted by Gasteiger charge is -2.19. The Morgan fingerprint density at radius 1 is 1.13 bits per heavy atom. The summed E-state index contributed by atoms with van der Waals surface area (Å²) in [6, 6.07) is 7.00. The number of methoxy groups -OCH3 is 1. The fourth-order valence-electron chi connectivity index (χ4n) is 3.49. The third kappa shape index (κ3) is 3.90. The Balaban J connectivity index is 1.79. The van der Waals surface area contributed by atoms with Crippen molar-refractivity contribution in [2.45, 2.75) is 26.3 Å². The van der Waals surface area contributed by atoms with E-state index in [0.29, 0.717) is 28.3 Å². The quantitative estimate of drug-likeness (QED) is 0.447. The first-order valence-electron chi connectivity index (χ1n) is 9.56. The van der Waals surface area contributed by atoms with E-state index in [9.17, 15) is 13.2 Å². The number of alkyl halides is 2. The van der Waals surface area contributed by atoms with E-state index in [0.717, 1.165) is 11.8 Å². The smallest absolute Gasteiger partial charge is 0.266 e. The average Bonchev–Trinajstić information content (AvgIpc) is 3.27. The van der Waals surface area contributed by atoms with Crippen LogP contribution in [0.2, 0.25) is 0 Å². The van der Waals surface area contributed by atoms with Gasteiger partial charge in [-0.1, -0.05) is 18.2 Å². The molecule has 1 N–H and O–H groups in total. The monoisotopic (exact) mass is 427 g/mol. The normalized spacial score (nSPS) is 12.4. The minimum absolute atomic E-state index is 0.129. The number of aryl methyl sites for hydroxylation is 1. The zero-order valence-electron chi connectivity index (χ0n) is 17.1. The molecule has 0 aliphatic heterocycles. The van der Waals surface area contributed by atoms with Gasteiger partial charge in [-0.2, -0.15) is 0 Å². The third-order valence-electron chi connectivity index (χ3n) is 5.00. The third-order valence-corrected chi connectivity index (χ3v) is 5.00. The highest BCUT2D eigenvalue weighted by atomic mass is 19.3. The summed E-state index contributed by atoms with van der Waals surface area (Å²) in [5.41, 5.74) is 0.902. The molecule has 9 heteroatoms. The van der Waals surface area contributed by atoms with Gasteiger partial charge in [0.05, 0.1) is 36.2 Å². The van der Waals surface area contributed by atoms with Crippen LogP contribution in [0.3, 0.4) is 0 Å². The lowest BCUT2D eigenvalue weighted by Crippen LogP contribution is -2.12. The second-order valence-corrected chi connectivity index (χ2v) is 7.05. The first-order valence-corrected chi connectivity index (χ1v) is 9.56. The van der Waals surface area contributed by atoms with E-state index in [2.05, 4.69) is 20.3 Å². The minimum Gasteiger partial charge on any atom is -0.495 e. The maximum atomic E-state index is 14.6. The molecule has 0 bridgehead atoms. The molecule has 4 rings (SSSR count). The first kappa shape index (κ1) is 20.6. The molecule has 4 aromatic rings. The lowest BCUT2D eigenvalue weighted by molar-refractivity contribution is 0.146. The summed E-state index contributed by atoms with van der Waals surface area (Å²) in [5.74, 6) is 0.602. The number of anilines is 1. The number of hydrogen-bond donors (Lipinski definition) is 1. The molecule has 2 aromatic heterocycles. The first-order chi connectivity index (χ1) is 14.9. The Bertz CT molecular complexity index is 1230. The number of fused-ring (bicyclic) bond motifs is 1. The van der Waals surface area contributed by atoms with Crippen molar-refractivity contribution in [1.29, 1.82) is 0 Å². The van der Waals surface area contributed by atoms with Gasteiger partial charge in [0.15, 0.2) is 0 Å². The Morgan fingerprint density at radius 2 is 1.90 bits per heavy atom. The number of halogens is 3. The Morgan fingerprint density at radius 3 is 2.58 bits per heavy atom. The van der Waals surface area contributed by atoms with E-state index in [1.165, 1.54) is 12.1 Å². The number of imidazole rings is 1. The van der Waals surface area contributed by atoms with E-state index in [4.69, 9.17) is 4.74 Å². The molecule has 160 valence electrons. The van der Waals surface area contributed by atoms with Crippen LogP contribution in [0.25, 0.3) is 16.6 Å². The predicted octanol–water partition coefficient (Wildman–Crippen LogP) is 5.38. The second kappa shape index (κ2) is 8.25. The van der Waals surface area contributed by atoms with E-state index in [1.807, 2.05) is 6.07 Å². The molecule has 0 saturated heterocycles. The molecule has 0 spiro atoms. The van der Waals surface area contributed by atoms with Crippen molar-refractivity contribution in [3.63, 3.8) is 0 Å². The Kier molecular flexibility index (Phi) is 5.50.